The first kappa shape index (κ1) is 28.0. The number of aromatic nitrogens is 1. The summed E-state index contributed by atoms with van der Waals surface area (Å²) in [5.74, 6) is 0.278. The summed E-state index contributed by atoms with van der Waals surface area (Å²) in [6.45, 7) is 5.50. The van der Waals surface area contributed by atoms with Gasteiger partial charge in [0.05, 0.1) is 5.69 Å². The minimum Gasteiger partial charge on any atom is -0.336 e. The fourth-order valence-corrected chi connectivity index (χ4v) is 6.94. The molecule has 1 saturated heterocycles. The Bertz CT molecular complexity index is 1430. The van der Waals surface area contributed by atoms with E-state index in [1.807, 2.05) is 29.3 Å². The second-order valence-electron chi connectivity index (χ2n) is 10.5. The van der Waals surface area contributed by atoms with Crippen LogP contribution in [0.1, 0.15) is 66.4 Å². The van der Waals surface area contributed by atoms with Gasteiger partial charge in [0, 0.05) is 62.6 Å². The molecule has 3 aromatic rings. The van der Waals surface area contributed by atoms with E-state index in [9.17, 15) is 13.2 Å². The summed E-state index contributed by atoms with van der Waals surface area (Å²) < 4.78 is 29.7. The summed E-state index contributed by atoms with van der Waals surface area (Å²) in [7, 11) is -3.88. The maximum absolute atomic E-state index is 13.5. The van der Waals surface area contributed by atoms with Crippen LogP contribution in [0.15, 0.2) is 76.9 Å². The lowest BCUT2D eigenvalue weighted by Crippen LogP contribution is -2.48. The third kappa shape index (κ3) is 6.59. The number of aliphatic imine (C=N–C) groups is 1. The average molecular weight is 560 g/mol. The summed E-state index contributed by atoms with van der Waals surface area (Å²) in [5, 5.41) is 0. The van der Waals surface area contributed by atoms with Crippen molar-refractivity contribution < 1.29 is 13.2 Å². The van der Waals surface area contributed by atoms with E-state index in [4.69, 9.17) is 0 Å². The second-order valence-corrected chi connectivity index (χ2v) is 12.2. The van der Waals surface area contributed by atoms with E-state index in [-0.39, 0.29) is 10.8 Å². The minimum atomic E-state index is -3.88. The number of carbonyl (C=O) groups excluding carboxylic acids is 1. The Balaban J connectivity index is 1.24. The van der Waals surface area contributed by atoms with Gasteiger partial charge < -0.3 is 4.90 Å². The lowest BCUT2D eigenvalue weighted by atomic mass is 9.83. The van der Waals surface area contributed by atoms with Gasteiger partial charge in [0.15, 0.2) is 0 Å². The molecule has 2 aromatic carbocycles. The highest BCUT2D eigenvalue weighted by atomic mass is 32.2. The molecule has 210 valence electrons. The number of anilines is 1. The quantitative estimate of drug-likeness (QED) is 0.362. The van der Waals surface area contributed by atoms with Crippen molar-refractivity contribution in [1.82, 2.24) is 14.8 Å². The zero-order valence-corrected chi connectivity index (χ0v) is 23.8. The van der Waals surface area contributed by atoms with Crippen LogP contribution in [-0.2, 0) is 16.6 Å². The number of hydrogen-bond acceptors (Lipinski definition) is 6. The standard InChI is InChI=1S/C31H37N5O3S/c1-2-33-30-28(25-9-4-3-5-10-25)11-6-12-29(30)40(38,39)34-27-15-13-26(14-16-27)31(37)36-20-18-35(19-21-36)23-24-8-7-17-32-22-24/h2,6-8,11-17,22,25,34H,3-5,9-10,18-21,23H2,1H3. The van der Waals surface area contributed by atoms with Crippen molar-refractivity contribution in [1.29, 1.82) is 0 Å². The number of carbonyl (C=O) groups is 1. The molecule has 1 aromatic heterocycles. The van der Waals surface area contributed by atoms with Gasteiger partial charge >= 0.3 is 0 Å². The van der Waals surface area contributed by atoms with Gasteiger partial charge in [0.25, 0.3) is 15.9 Å². The van der Waals surface area contributed by atoms with Crippen LogP contribution in [0.3, 0.4) is 0 Å². The molecule has 40 heavy (non-hydrogen) atoms. The van der Waals surface area contributed by atoms with Crippen LogP contribution < -0.4 is 4.72 Å². The van der Waals surface area contributed by atoms with Gasteiger partial charge in [-0.1, -0.05) is 37.5 Å². The van der Waals surface area contributed by atoms with E-state index in [1.54, 1.807) is 49.7 Å². The fraction of sp³-hybridized carbons (Fsp3) is 0.387. The molecule has 0 unspecified atom stereocenters. The maximum Gasteiger partial charge on any atom is 0.264 e. The molecule has 9 heteroatoms. The molecule has 1 aliphatic carbocycles. The van der Waals surface area contributed by atoms with Crippen LogP contribution in [0.25, 0.3) is 0 Å². The van der Waals surface area contributed by atoms with Crippen LogP contribution in [0.4, 0.5) is 11.4 Å². The summed E-state index contributed by atoms with van der Waals surface area (Å²) in [6.07, 6.45) is 10.9. The number of amides is 1. The second kappa shape index (κ2) is 12.7. The van der Waals surface area contributed by atoms with Crippen molar-refractivity contribution in [3.05, 3.63) is 83.7 Å². The number of hydrogen-bond donors (Lipinski definition) is 1. The topological polar surface area (TPSA) is 95.0 Å². The number of para-hydroxylation sites is 1. The number of nitrogens with one attached hydrogen (secondary N) is 1. The van der Waals surface area contributed by atoms with Crippen LogP contribution in [0, 0.1) is 0 Å². The summed E-state index contributed by atoms with van der Waals surface area (Å²) in [6, 6.07) is 16.1. The van der Waals surface area contributed by atoms with Gasteiger partial charge in [0.2, 0.25) is 0 Å². The van der Waals surface area contributed by atoms with Crippen molar-refractivity contribution >= 4 is 33.5 Å². The highest BCUT2D eigenvalue weighted by Gasteiger charge is 2.26. The minimum absolute atomic E-state index is 0.0461. The van der Waals surface area contributed by atoms with Crippen molar-refractivity contribution in [2.45, 2.75) is 56.4 Å². The molecular formula is C31H37N5O3S. The molecule has 0 atom stereocenters. The van der Waals surface area contributed by atoms with Gasteiger partial charge in [-0.05, 0) is 73.2 Å². The van der Waals surface area contributed by atoms with Crippen molar-refractivity contribution in [3.8, 4) is 0 Å². The predicted molar refractivity (Wildman–Crippen MR) is 159 cm³/mol. The van der Waals surface area contributed by atoms with Crippen molar-refractivity contribution in [2.24, 2.45) is 4.99 Å². The summed E-state index contributed by atoms with van der Waals surface area (Å²) >= 11 is 0. The highest BCUT2D eigenvalue weighted by Crippen LogP contribution is 2.40. The number of pyridine rings is 1. The molecule has 2 aliphatic rings. The van der Waals surface area contributed by atoms with Gasteiger partial charge in [-0.3, -0.25) is 24.4 Å². The zero-order chi connectivity index (χ0) is 28.0. The zero-order valence-electron chi connectivity index (χ0n) is 23.0. The Hall–Kier alpha value is -3.56. The number of rotatable bonds is 8. The highest BCUT2D eigenvalue weighted by molar-refractivity contribution is 7.92. The Morgan fingerprint density at radius 1 is 1.00 bits per heavy atom. The summed E-state index contributed by atoms with van der Waals surface area (Å²) in [4.78, 5) is 26.2. The Labute approximate surface area is 237 Å². The van der Waals surface area contributed by atoms with E-state index in [0.717, 1.165) is 56.4 Å². The van der Waals surface area contributed by atoms with E-state index < -0.39 is 10.0 Å². The Morgan fingerprint density at radius 2 is 1.75 bits per heavy atom. The number of piperazine rings is 1. The average Bonchev–Trinajstić information content (AvgIpc) is 2.98. The first-order valence-corrected chi connectivity index (χ1v) is 15.6. The van der Waals surface area contributed by atoms with E-state index in [2.05, 4.69) is 25.7 Å². The molecule has 2 heterocycles. The van der Waals surface area contributed by atoms with Gasteiger partial charge in [-0.25, -0.2) is 8.42 Å². The van der Waals surface area contributed by atoms with Crippen LogP contribution in [0.5, 0.6) is 0 Å². The smallest absolute Gasteiger partial charge is 0.264 e. The molecule has 0 bridgehead atoms. The molecular weight excluding hydrogens is 522 g/mol. The van der Waals surface area contributed by atoms with E-state index in [1.165, 1.54) is 6.42 Å². The van der Waals surface area contributed by atoms with Crippen LogP contribution >= 0.6 is 0 Å². The molecule has 2 fully saturated rings. The molecule has 0 spiro atoms. The number of nitrogens with zero attached hydrogens (tertiary/aromatic N) is 4. The molecule has 1 saturated carbocycles. The van der Waals surface area contributed by atoms with E-state index in [0.29, 0.717) is 35.9 Å². The van der Waals surface area contributed by atoms with Crippen LogP contribution in [0.2, 0.25) is 0 Å². The lowest BCUT2D eigenvalue weighted by Gasteiger charge is -2.34. The first-order chi connectivity index (χ1) is 19.4. The van der Waals surface area contributed by atoms with E-state index >= 15 is 0 Å². The molecule has 5 rings (SSSR count). The lowest BCUT2D eigenvalue weighted by molar-refractivity contribution is 0.0628. The maximum atomic E-state index is 13.5. The number of benzene rings is 2. The predicted octanol–water partition coefficient (Wildman–Crippen LogP) is 5.61. The monoisotopic (exact) mass is 559 g/mol. The third-order valence-corrected chi connectivity index (χ3v) is 9.21. The molecule has 0 radical (unpaired) electrons. The van der Waals surface area contributed by atoms with Gasteiger partial charge in [-0.2, -0.15) is 0 Å². The molecule has 1 aliphatic heterocycles. The Kier molecular flexibility index (Phi) is 8.91. The number of sulfonamides is 1. The normalized spacial score (nSPS) is 17.3. The first-order valence-electron chi connectivity index (χ1n) is 14.1. The largest absolute Gasteiger partial charge is 0.336 e. The van der Waals surface area contributed by atoms with Crippen molar-refractivity contribution in [3.63, 3.8) is 0 Å². The van der Waals surface area contributed by atoms with Crippen molar-refractivity contribution in [2.75, 3.05) is 30.9 Å². The van der Waals surface area contributed by atoms with Crippen LogP contribution in [-0.4, -0.2) is 61.5 Å². The summed E-state index contributed by atoms with van der Waals surface area (Å²) in [5.41, 5.74) is 3.64. The SMILES string of the molecule is CC=Nc1c(C2CCCCC2)cccc1S(=O)(=O)Nc1ccc(C(=O)N2CCN(Cc3cccnc3)CC2)cc1. The molecule has 1 amide bonds. The molecule has 1 N–H and O–H groups in total. The van der Waals surface area contributed by atoms with Gasteiger partial charge in [-0.15, -0.1) is 0 Å². The third-order valence-electron chi connectivity index (χ3n) is 7.80. The fourth-order valence-electron chi connectivity index (χ4n) is 5.70. The Morgan fingerprint density at radius 3 is 2.42 bits per heavy atom. The van der Waals surface area contributed by atoms with Gasteiger partial charge in [0.1, 0.15) is 4.90 Å². The molecule has 8 nitrogen and oxygen atoms in total.